The van der Waals surface area contributed by atoms with Crippen LogP contribution in [-0.2, 0) is 5.41 Å². The number of anilines is 3. The summed E-state index contributed by atoms with van der Waals surface area (Å²) in [7, 11) is 0. The fourth-order valence-electron chi connectivity index (χ4n) is 10.1. The van der Waals surface area contributed by atoms with E-state index < -0.39 is 0 Å². The summed E-state index contributed by atoms with van der Waals surface area (Å²) in [4.78, 5) is 1.91. The SMILES string of the molecule is [2H]c1c([2H])c(N(c2ccc(-c3ccccc3-c3ccccc3)cc2)c2ccc3c(c2)C(C)(C)c2ccccc2-3)c([2H])c([2H])c1-c1ccc2c(c1)c1ccccc1n2-c1cccc(-c2ccccc2)c1. The third-order valence-corrected chi connectivity index (χ3v) is 13.3. The number of hydrogen-bond donors (Lipinski definition) is 0. The summed E-state index contributed by atoms with van der Waals surface area (Å²) in [5.74, 6) is 0. The highest BCUT2D eigenvalue weighted by Crippen LogP contribution is 2.51. The topological polar surface area (TPSA) is 8.17 Å². The van der Waals surface area contributed by atoms with E-state index in [-0.39, 0.29) is 40.8 Å². The van der Waals surface area contributed by atoms with E-state index in [0.717, 1.165) is 83.4 Å². The molecule has 0 aliphatic heterocycles. The normalized spacial score (nSPS) is 13.4. The Hall–Kier alpha value is -8.20. The van der Waals surface area contributed by atoms with Crippen molar-refractivity contribution < 1.29 is 5.48 Å². The standard InChI is InChI=1S/C63H46N2/c1-63(2)59-26-13-11-24-55(59)56-38-37-52(42-60(56)63)64(50-35-30-46(31-36-50)54-23-10-9-22-53(54)45-18-7-4-8-19-45)49-33-28-44(29-34-49)48-32-39-62-58(41-48)57-25-12-14-27-61(57)65(62)51-21-15-20-47(40-51)43-16-5-3-6-17-43/h3-42H,1-2H3/i28D,29D,33D,34D. The molecule has 12 rings (SSSR count). The molecule has 10 aromatic carbocycles. The Bertz CT molecular complexity index is 3770. The molecule has 0 bridgehead atoms. The molecule has 0 N–H and O–H groups in total. The van der Waals surface area contributed by atoms with Crippen LogP contribution in [0.4, 0.5) is 17.1 Å². The molecule has 2 nitrogen and oxygen atoms in total. The number of rotatable bonds is 8. The van der Waals surface area contributed by atoms with E-state index in [2.05, 4.69) is 182 Å². The van der Waals surface area contributed by atoms with Crippen LogP contribution in [0.15, 0.2) is 243 Å². The van der Waals surface area contributed by atoms with Gasteiger partial charge in [0.05, 0.1) is 16.5 Å². The summed E-state index contributed by atoms with van der Waals surface area (Å²) >= 11 is 0. The van der Waals surface area contributed by atoms with Crippen molar-refractivity contribution in [1.29, 1.82) is 0 Å². The highest BCUT2D eigenvalue weighted by Gasteiger charge is 2.35. The van der Waals surface area contributed by atoms with Gasteiger partial charge in [0.25, 0.3) is 0 Å². The van der Waals surface area contributed by atoms with E-state index in [1.54, 1.807) is 0 Å². The Morgan fingerprint density at radius 2 is 0.908 bits per heavy atom. The lowest BCUT2D eigenvalue weighted by Crippen LogP contribution is -2.16. The van der Waals surface area contributed by atoms with Crippen molar-refractivity contribution in [3.8, 4) is 61.3 Å². The van der Waals surface area contributed by atoms with E-state index >= 15 is 0 Å². The van der Waals surface area contributed by atoms with E-state index in [0.29, 0.717) is 5.56 Å². The molecule has 1 aromatic heterocycles. The Balaban J connectivity index is 1.01. The van der Waals surface area contributed by atoms with Gasteiger partial charge in [-0.15, -0.1) is 0 Å². The zero-order chi connectivity index (χ0) is 47.0. The summed E-state index contributed by atoms with van der Waals surface area (Å²) in [5.41, 5.74) is 16.7. The molecule has 0 fully saturated rings. The van der Waals surface area contributed by atoms with Gasteiger partial charge < -0.3 is 9.47 Å². The molecule has 0 saturated heterocycles. The first kappa shape index (κ1) is 34.3. The second-order valence-corrected chi connectivity index (χ2v) is 17.4. The van der Waals surface area contributed by atoms with Crippen molar-refractivity contribution in [3.05, 3.63) is 254 Å². The van der Waals surface area contributed by atoms with Crippen molar-refractivity contribution in [1.82, 2.24) is 4.57 Å². The highest BCUT2D eigenvalue weighted by molar-refractivity contribution is 6.10. The molecule has 0 radical (unpaired) electrons. The van der Waals surface area contributed by atoms with Gasteiger partial charge in [-0.1, -0.05) is 190 Å². The second kappa shape index (κ2) is 15.6. The number of fused-ring (bicyclic) bond motifs is 6. The van der Waals surface area contributed by atoms with E-state index in [4.69, 9.17) is 0 Å². The van der Waals surface area contributed by atoms with E-state index in [1.165, 1.54) is 11.1 Å². The van der Waals surface area contributed by atoms with Crippen LogP contribution in [0.1, 0.15) is 30.5 Å². The molecule has 0 spiro atoms. The van der Waals surface area contributed by atoms with Crippen molar-refractivity contribution >= 4 is 38.9 Å². The summed E-state index contributed by atoms with van der Waals surface area (Å²) in [5, 5.41) is 2.00. The zero-order valence-electron chi connectivity index (χ0n) is 40.2. The second-order valence-electron chi connectivity index (χ2n) is 17.4. The third kappa shape index (κ3) is 6.57. The molecular formula is C63H46N2. The van der Waals surface area contributed by atoms with Crippen LogP contribution in [0.3, 0.4) is 0 Å². The Labute approximate surface area is 386 Å². The summed E-state index contributed by atoms with van der Waals surface area (Å²) in [6.07, 6.45) is 0. The monoisotopic (exact) mass is 834 g/mol. The molecular weight excluding hydrogens is 785 g/mol. The van der Waals surface area contributed by atoms with Crippen molar-refractivity contribution in [3.63, 3.8) is 0 Å². The number of benzene rings is 10. The Morgan fingerprint density at radius 3 is 1.66 bits per heavy atom. The maximum atomic E-state index is 9.85. The maximum absolute atomic E-state index is 9.85. The number of aromatic nitrogens is 1. The van der Waals surface area contributed by atoms with Gasteiger partial charge in [-0.25, -0.2) is 0 Å². The minimum atomic E-state index is -0.302. The van der Waals surface area contributed by atoms with Gasteiger partial charge in [0, 0.05) is 38.9 Å². The van der Waals surface area contributed by atoms with Crippen LogP contribution in [-0.4, -0.2) is 4.57 Å². The lowest BCUT2D eigenvalue weighted by molar-refractivity contribution is 0.660. The molecule has 0 saturated carbocycles. The first-order valence-corrected chi connectivity index (χ1v) is 22.3. The van der Waals surface area contributed by atoms with Crippen LogP contribution in [0.25, 0.3) is 83.1 Å². The molecule has 1 aliphatic rings. The number of nitrogens with zero attached hydrogens (tertiary/aromatic N) is 2. The summed E-state index contributed by atoms with van der Waals surface area (Å²) in [6.45, 7) is 4.48. The first-order chi connectivity index (χ1) is 33.7. The van der Waals surface area contributed by atoms with Gasteiger partial charge >= 0.3 is 0 Å². The van der Waals surface area contributed by atoms with Crippen molar-refractivity contribution in [2.24, 2.45) is 0 Å². The van der Waals surface area contributed by atoms with Crippen LogP contribution < -0.4 is 4.90 Å². The van der Waals surface area contributed by atoms with Crippen LogP contribution >= 0.6 is 0 Å². The molecule has 65 heavy (non-hydrogen) atoms. The fourth-order valence-corrected chi connectivity index (χ4v) is 10.1. The predicted molar refractivity (Wildman–Crippen MR) is 275 cm³/mol. The minimum absolute atomic E-state index is 0.100. The Kier molecular flexibility index (Phi) is 8.21. The van der Waals surface area contributed by atoms with Crippen molar-refractivity contribution in [2.45, 2.75) is 19.3 Å². The lowest BCUT2D eigenvalue weighted by Gasteiger charge is -2.28. The first-order valence-electron chi connectivity index (χ1n) is 24.3. The average molecular weight is 835 g/mol. The largest absolute Gasteiger partial charge is 0.310 e. The minimum Gasteiger partial charge on any atom is -0.310 e. The van der Waals surface area contributed by atoms with Gasteiger partial charge in [0.2, 0.25) is 0 Å². The predicted octanol–water partition coefficient (Wildman–Crippen LogP) is 17.2. The molecule has 2 heteroatoms. The van der Waals surface area contributed by atoms with Gasteiger partial charge in [-0.2, -0.15) is 0 Å². The summed E-state index contributed by atoms with van der Waals surface area (Å²) in [6, 6.07) is 74.7. The quantitative estimate of drug-likeness (QED) is 0.148. The smallest absolute Gasteiger partial charge is 0.0645 e. The van der Waals surface area contributed by atoms with E-state index in [9.17, 15) is 5.48 Å². The molecule has 1 heterocycles. The van der Waals surface area contributed by atoms with E-state index in [1.807, 2.05) is 59.5 Å². The van der Waals surface area contributed by atoms with Crippen LogP contribution in [0, 0.1) is 0 Å². The van der Waals surface area contributed by atoms with Gasteiger partial charge in [0.1, 0.15) is 0 Å². The third-order valence-electron chi connectivity index (χ3n) is 13.3. The van der Waals surface area contributed by atoms with Gasteiger partial charge in [-0.05, 0) is 133 Å². The van der Waals surface area contributed by atoms with Crippen LogP contribution in [0.2, 0.25) is 0 Å². The maximum Gasteiger partial charge on any atom is 0.0645 e. The lowest BCUT2D eigenvalue weighted by atomic mass is 9.82. The van der Waals surface area contributed by atoms with Crippen molar-refractivity contribution in [2.75, 3.05) is 4.90 Å². The Morgan fingerprint density at radius 1 is 0.354 bits per heavy atom. The molecule has 0 amide bonds. The highest BCUT2D eigenvalue weighted by atomic mass is 15.1. The molecule has 308 valence electrons. The van der Waals surface area contributed by atoms with Gasteiger partial charge in [-0.3, -0.25) is 0 Å². The molecule has 0 atom stereocenters. The van der Waals surface area contributed by atoms with Crippen LogP contribution in [0.5, 0.6) is 0 Å². The fraction of sp³-hybridized carbons (Fsp3) is 0.0476. The van der Waals surface area contributed by atoms with Gasteiger partial charge in [0.15, 0.2) is 0 Å². The summed E-state index contributed by atoms with van der Waals surface area (Å²) < 4.78 is 41.5. The molecule has 0 unspecified atom stereocenters. The number of para-hydroxylation sites is 1. The zero-order valence-corrected chi connectivity index (χ0v) is 36.2. The molecule has 1 aliphatic carbocycles. The average Bonchev–Trinajstić information content (AvgIpc) is 3.85. The molecule has 11 aromatic rings. The number of hydrogen-bond acceptors (Lipinski definition) is 1.